The second kappa shape index (κ2) is 6.10. The van der Waals surface area contributed by atoms with Gasteiger partial charge in [0.25, 0.3) is 0 Å². The molecule has 0 aromatic heterocycles. The molecule has 2 aliphatic rings. The van der Waals surface area contributed by atoms with Crippen molar-refractivity contribution in [2.24, 2.45) is 0 Å². The third-order valence-electron chi connectivity index (χ3n) is 3.50. The Morgan fingerprint density at radius 2 is 1.89 bits per heavy atom. The molecule has 2 rings (SSSR count). The average Bonchev–Trinajstić information content (AvgIpc) is 2.54. The Bertz CT molecular complexity index is 299. The first-order valence-electron chi connectivity index (χ1n) is 6.04. The summed E-state index contributed by atoms with van der Waals surface area (Å²) in [6, 6.07) is 0.720. The summed E-state index contributed by atoms with van der Waals surface area (Å²) in [7, 11) is 0. The van der Waals surface area contributed by atoms with E-state index in [1.165, 1.54) is 0 Å². The van der Waals surface area contributed by atoms with Gasteiger partial charge in [0.15, 0.2) is 0 Å². The lowest BCUT2D eigenvalue weighted by Crippen LogP contribution is -2.39. The minimum absolute atomic E-state index is 0. The van der Waals surface area contributed by atoms with Crippen LogP contribution in [0.1, 0.15) is 32.1 Å². The molecule has 1 N–H and O–H groups in total. The molecule has 0 saturated carbocycles. The number of amides is 1. The average molecular weight is 287 g/mol. The molecule has 0 aromatic carbocycles. The predicted molar refractivity (Wildman–Crippen MR) is 63.7 cm³/mol. The van der Waals surface area contributed by atoms with E-state index in [1.807, 2.05) is 0 Å². The van der Waals surface area contributed by atoms with Crippen molar-refractivity contribution < 1.29 is 18.0 Å². The van der Waals surface area contributed by atoms with Crippen LogP contribution in [-0.2, 0) is 4.79 Å². The van der Waals surface area contributed by atoms with Crippen LogP contribution in [0, 0.1) is 0 Å². The van der Waals surface area contributed by atoms with Crippen molar-refractivity contribution in [3.05, 3.63) is 0 Å². The maximum Gasteiger partial charge on any atom is 0.389 e. The fourth-order valence-corrected chi connectivity index (χ4v) is 2.58. The van der Waals surface area contributed by atoms with Gasteiger partial charge in [0.1, 0.15) is 0 Å². The molecule has 0 aromatic rings. The highest BCUT2D eigenvalue weighted by Gasteiger charge is 2.33. The minimum atomic E-state index is -4.24. The molecule has 1 amide bonds. The fraction of sp³-hybridized carbons (Fsp3) is 0.909. The zero-order valence-corrected chi connectivity index (χ0v) is 10.8. The van der Waals surface area contributed by atoms with E-state index in [-0.39, 0.29) is 24.4 Å². The van der Waals surface area contributed by atoms with Crippen molar-refractivity contribution >= 4 is 18.3 Å². The Morgan fingerprint density at radius 1 is 1.22 bits per heavy atom. The van der Waals surface area contributed by atoms with Gasteiger partial charge in [0, 0.05) is 31.6 Å². The molecule has 0 radical (unpaired) electrons. The van der Waals surface area contributed by atoms with Gasteiger partial charge in [-0.05, 0) is 19.3 Å². The van der Waals surface area contributed by atoms with Gasteiger partial charge in [0.2, 0.25) is 5.91 Å². The summed E-state index contributed by atoms with van der Waals surface area (Å²) < 4.78 is 36.1. The lowest BCUT2D eigenvalue weighted by atomic mass is 10.1. The first-order chi connectivity index (χ1) is 7.94. The SMILES string of the molecule is Cl.O=C(CCC(F)(F)F)N1CCC2CCC(C1)N2. The number of likely N-dealkylation sites (tertiary alicyclic amines) is 1. The van der Waals surface area contributed by atoms with Crippen LogP contribution in [-0.4, -0.2) is 42.2 Å². The van der Waals surface area contributed by atoms with Gasteiger partial charge in [-0.1, -0.05) is 0 Å². The highest BCUT2D eigenvalue weighted by Crippen LogP contribution is 2.24. The summed E-state index contributed by atoms with van der Waals surface area (Å²) in [6.07, 6.45) is -2.67. The second-order valence-corrected chi connectivity index (χ2v) is 4.88. The molecular weight excluding hydrogens is 269 g/mol. The lowest BCUT2D eigenvalue weighted by molar-refractivity contribution is -0.149. The van der Waals surface area contributed by atoms with Crippen LogP contribution in [0.5, 0.6) is 0 Å². The van der Waals surface area contributed by atoms with Gasteiger partial charge >= 0.3 is 6.18 Å². The second-order valence-electron chi connectivity index (χ2n) is 4.88. The Morgan fingerprint density at radius 3 is 2.56 bits per heavy atom. The smallest absolute Gasteiger partial charge is 0.341 e. The van der Waals surface area contributed by atoms with Crippen molar-refractivity contribution in [1.82, 2.24) is 10.2 Å². The van der Waals surface area contributed by atoms with E-state index in [4.69, 9.17) is 0 Å². The van der Waals surface area contributed by atoms with E-state index in [0.29, 0.717) is 19.1 Å². The molecule has 2 heterocycles. The van der Waals surface area contributed by atoms with Gasteiger partial charge in [0.05, 0.1) is 6.42 Å². The van der Waals surface area contributed by atoms with Crippen LogP contribution in [0.2, 0.25) is 0 Å². The highest BCUT2D eigenvalue weighted by molar-refractivity contribution is 5.85. The summed E-state index contributed by atoms with van der Waals surface area (Å²) >= 11 is 0. The third-order valence-corrected chi connectivity index (χ3v) is 3.50. The van der Waals surface area contributed by atoms with Gasteiger partial charge in [-0.25, -0.2) is 0 Å². The van der Waals surface area contributed by atoms with Crippen molar-refractivity contribution in [3.63, 3.8) is 0 Å². The third kappa shape index (κ3) is 4.31. The molecule has 7 heteroatoms. The van der Waals surface area contributed by atoms with Crippen molar-refractivity contribution in [2.75, 3.05) is 13.1 Å². The van der Waals surface area contributed by atoms with Crippen LogP contribution in [0.4, 0.5) is 13.2 Å². The number of halogens is 4. The van der Waals surface area contributed by atoms with E-state index >= 15 is 0 Å². The number of alkyl halides is 3. The normalized spacial score (nSPS) is 27.6. The van der Waals surface area contributed by atoms with Crippen molar-refractivity contribution in [1.29, 1.82) is 0 Å². The molecule has 2 unspecified atom stereocenters. The number of nitrogens with one attached hydrogen (secondary N) is 1. The Balaban J connectivity index is 0.00000162. The Hall–Kier alpha value is -0.490. The van der Waals surface area contributed by atoms with Gasteiger partial charge < -0.3 is 10.2 Å². The summed E-state index contributed by atoms with van der Waals surface area (Å²) in [5.74, 6) is -0.364. The van der Waals surface area contributed by atoms with Gasteiger partial charge in [-0.2, -0.15) is 13.2 Å². The summed E-state index contributed by atoms with van der Waals surface area (Å²) in [5, 5.41) is 3.39. The molecule has 0 spiro atoms. The molecule has 2 fully saturated rings. The van der Waals surface area contributed by atoms with E-state index < -0.39 is 19.0 Å². The quantitative estimate of drug-likeness (QED) is 0.843. The number of fused-ring (bicyclic) bond motifs is 2. The summed E-state index contributed by atoms with van der Waals surface area (Å²) in [4.78, 5) is 13.3. The van der Waals surface area contributed by atoms with Crippen molar-refractivity contribution in [3.8, 4) is 0 Å². The van der Waals surface area contributed by atoms with Crippen molar-refractivity contribution in [2.45, 2.75) is 50.4 Å². The number of carbonyl (C=O) groups excluding carboxylic acids is 1. The summed E-state index contributed by atoms with van der Waals surface area (Å²) in [5.41, 5.74) is 0. The van der Waals surface area contributed by atoms with Gasteiger partial charge in [-0.15, -0.1) is 12.4 Å². The standard InChI is InChI=1S/C11H17F3N2O.ClH/c12-11(13,14)5-3-10(17)16-6-4-8-1-2-9(7-16)15-8;/h8-9,15H,1-7H2;1H. The van der Waals surface area contributed by atoms with Crippen LogP contribution >= 0.6 is 12.4 Å². The predicted octanol–water partition coefficient (Wildman–Crippen LogP) is 2.10. The summed E-state index contributed by atoms with van der Waals surface area (Å²) in [6.45, 7) is 1.15. The molecule has 2 atom stereocenters. The number of hydrogen-bond acceptors (Lipinski definition) is 2. The molecule has 2 saturated heterocycles. The zero-order chi connectivity index (χ0) is 12.5. The first kappa shape index (κ1) is 15.6. The number of hydrogen-bond donors (Lipinski definition) is 1. The lowest BCUT2D eigenvalue weighted by Gasteiger charge is -2.24. The van der Waals surface area contributed by atoms with E-state index in [0.717, 1.165) is 19.3 Å². The fourth-order valence-electron chi connectivity index (χ4n) is 2.58. The number of carbonyl (C=O) groups is 1. The first-order valence-corrected chi connectivity index (χ1v) is 6.04. The molecule has 0 aliphatic carbocycles. The van der Waals surface area contributed by atoms with Crippen LogP contribution in [0.25, 0.3) is 0 Å². The molecular formula is C11H18ClF3N2O. The highest BCUT2D eigenvalue weighted by atomic mass is 35.5. The molecule has 3 nitrogen and oxygen atoms in total. The van der Waals surface area contributed by atoms with Crippen LogP contribution in [0.3, 0.4) is 0 Å². The maximum absolute atomic E-state index is 12.0. The minimum Gasteiger partial charge on any atom is -0.341 e. The monoisotopic (exact) mass is 286 g/mol. The molecule has 18 heavy (non-hydrogen) atoms. The molecule has 2 bridgehead atoms. The van der Waals surface area contributed by atoms with E-state index in [9.17, 15) is 18.0 Å². The zero-order valence-electron chi connectivity index (χ0n) is 10.0. The topological polar surface area (TPSA) is 32.3 Å². The Kier molecular flexibility index (Phi) is 5.28. The largest absolute Gasteiger partial charge is 0.389 e. The van der Waals surface area contributed by atoms with E-state index in [1.54, 1.807) is 4.90 Å². The molecule has 106 valence electrons. The number of nitrogens with zero attached hydrogens (tertiary/aromatic N) is 1. The van der Waals surface area contributed by atoms with Gasteiger partial charge in [-0.3, -0.25) is 4.79 Å². The van der Waals surface area contributed by atoms with E-state index in [2.05, 4.69) is 5.32 Å². The number of rotatable bonds is 2. The van der Waals surface area contributed by atoms with Crippen LogP contribution < -0.4 is 5.32 Å². The maximum atomic E-state index is 12.0. The van der Waals surface area contributed by atoms with Crippen LogP contribution in [0.15, 0.2) is 0 Å². The Labute approximate surface area is 110 Å². The molecule has 2 aliphatic heterocycles.